The molecule has 0 spiro atoms. The molecule has 1 aromatic rings. The summed E-state index contributed by atoms with van der Waals surface area (Å²) in [5.74, 6) is -0.234. The fraction of sp³-hybridized carbons (Fsp3) is 0.600. The molecule has 0 bridgehead atoms. The number of aliphatic hydroxyl groups is 1. The summed E-state index contributed by atoms with van der Waals surface area (Å²) < 4.78 is 13.2. The van der Waals surface area contributed by atoms with Gasteiger partial charge in [0.15, 0.2) is 0 Å². The molecule has 0 saturated heterocycles. The average Bonchev–Trinajstić information content (AvgIpc) is 2.19. The molecule has 18 heavy (non-hydrogen) atoms. The third kappa shape index (κ3) is 4.39. The van der Waals surface area contributed by atoms with Gasteiger partial charge in [0.05, 0.1) is 5.60 Å². The number of hydrogen-bond donors (Lipinski definition) is 2. The number of hydrogen-bond acceptors (Lipinski definition) is 2. The zero-order valence-corrected chi connectivity index (χ0v) is 12.0. The molecule has 3 heteroatoms. The van der Waals surface area contributed by atoms with E-state index in [4.69, 9.17) is 0 Å². The minimum atomic E-state index is -0.934. The number of halogens is 1. The van der Waals surface area contributed by atoms with Gasteiger partial charge in [-0.3, -0.25) is 0 Å². The second-order valence-corrected chi connectivity index (χ2v) is 6.16. The summed E-state index contributed by atoms with van der Waals surface area (Å²) in [6.07, 6.45) is 0.593. The SMILES string of the molecule is Cc1cc(C(C)(O)CCNC(C)(C)C)ccc1F. The summed E-state index contributed by atoms with van der Waals surface area (Å²) in [7, 11) is 0. The molecule has 0 fully saturated rings. The molecule has 1 rings (SSSR count). The monoisotopic (exact) mass is 253 g/mol. The van der Waals surface area contributed by atoms with E-state index in [1.54, 1.807) is 26.0 Å². The van der Waals surface area contributed by atoms with E-state index in [0.29, 0.717) is 18.5 Å². The normalized spacial score (nSPS) is 15.5. The first-order chi connectivity index (χ1) is 8.12. The third-order valence-electron chi connectivity index (χ3n) is 3.05. The van der Waals surface area contributed by atoms with Crippen LogP contribution in [0.3, 0.4) is 0 Å². The van der Waals surface area contributed by atoms with Gasteiger partial charge in [0.1, 0.15) is 5.82 Å². The third-order valence-corrected chi connectivity index (χ3v) is 3.05. The molecule has 1 atom stereocenters. The Labute approximate surface area is 109 Å². The predicted octanol–water partition coefficient (Wildman–Crippen LogP) is 3.12. The summed E-state index contributed by atoms with van der Waals surface area (Å²) in [6, 6.07) is 4.78. The van der Waals surface area contributed by atoms with E-state index in [1.165, 1.54) is 6.07 Å². The van der Waals surface area contributed by atoms with Gasteiger partial charge in [-0.25, -0.2) is 4.39 Å². The van der Waals surface area contributed by atoms with E-state index in [9.17, 15) is 9.50 Å². The van der Waals surface area contributed by atoms with Gasteiger partial charge in [0.25, 0.3) is 0 Å². The van der Waals surface area contributed by atoms with Crippen LogP contribution in [0.15, 0.2) is 18.2 Å². The molecule has 102 valence electrons. The Morgan fingerprint density at radius 1 is 1.22 bits per heavy atom. The first-order valence-corrected chi connectivity index (χ1v) is 6.36. The van der Waals surface area contributed by atoms with Crippen LogP contribution in [0, 0.1) is 12.7 Å². The topological polar surface area (TPSA) is 32.3 Å². The highest BCUT2D eigenvalue weighted by Gasteiger charge is 2.24. The van der Waals surface area contributed by atoms with E-state index in [1.807, 2.05) is 0 Å². The van der Waals surface area contributed by atoms with Crippen molar-refractivity contribution in [1.82, 2.24) is 5.32 Å². The van der Waals surface area contributed by atoms with Crippen LogP contribution in [0.2, 0.25) is 0 Å². The summed E-state index contributed by atoms with van der Waals surface area (Å²) in [5.41, 5.74) is 0.430. The summed E-state index contributed by atoms with van der Waals surface area (Å²) in [6.45, 7) is 10.5. The van der Waals surface area contributed by atoms with Crippen LogP contribution >= 0.6 is 0 Å². The molecular weight excluding hydrogens is 229 g/mol. The minimum Gasteiger partial charge on any atom is -0.385 e. The predicted molar refractivity (Wildman–Crippen MR) is 73.1 cm³/mol. The number of rotatable bonds is 4. The molecule has 0 aliphatic heterocycles. The van der Waals surface area contributed by atoms with Crippen molar-refractivity contribution in [2.45, 2.75) is 52.2 Å². The van der Waals surface area contributed by atoms with Crippen LogP contribution in [-0.4, -0.2) is 17.2 Å². The van der Waals surface area contributed by atoms with Crippen molar-refractivity contribution in [3.05, 3.63) is 35.1 Å². The van der Waals surface area contributed by atoms with Gasteiger partial charge < -0.3 is 10.4 Å². The maximum Gasteiger partial charge on any atom is 0.126 e. The van der Waals surface area contributed by atoms with Crippen molar-refractivity contribution in [2.24, 2.45) is 0 Å². The van der Waals surface area contributed by atoms with E-state index >= 15 is 0 Å². The molecule has 1 aromatic carbocycles. The molecule has 2 nitrogen and oxygen atoms in total. The van der Waals surface area contributed by atoms with E-state index in [2.05, 4.69) is 26.1 Å². The Kier molecular flexibility index (Phi) is 4.51. The number of nitrogens with one attached hydrogen (secondary N) is 1. The Bertz CT molecular complexity index is 407. The lowest BCUT2D eigenvalue weighted by Gasteiger charge is -2.27. The molecule has 0 aliphatic rings. The number of aryl methyl sites for hydroxylation is 1. The van der Waals surface area contributed by atoms with Gasteiger partial charge >= 0.3 is 0 Å². The van der Waals surface area contributed by atoms with Crippen molar-refractivity contribution in [1.29, 1.82) is 0 Å². The van der Waals surface area contributed by atoms with Crippen molar-refractivity contribution in [2.75, 3.05) is 6.54 Å². The molecular formula is C15H24FNO. The van der Waals surface area contributed by atoms with Crippen LogP contribution in [0.25, 0.3) is 0 Å². The van der Waals surface area contributed by atoms with Crippen LogP contribution < -0.4 is 5.32 Å². The quantitative estimate of drug-likeness (QED) is 0.864. The zero-order valence-electron chi connectivity index (χ0n) is 12.0. The van der Waals surface area contributed by atoms with Crippen LogP contribution in [0.4, 0.5) is 4.39 Å². The van der Waals surface area contributed by atoms with Crippen molar-refractivity contribution in [3.63, 3.8) is 0 Å². The van der Waals surface area contributed by atoms with Crippen molar-refractivity contribution < 1.29 is 9.50 Å². The van der Waals surface area contributed by atoms with Gasteiger partial charge in [-0.05, 0) is 64.8 Å². The van der Waals surface area contributed by atoms with Crippen molar-refractivity contribution in [3.8, 4) is 0 Å². The lowest BCUT2D eigenvalue weighted by Crippen LogP contribution is -2.39. The standard InChI is InChI=1S/C15H24FNO/c1-11-10-12(6-7-13(11)16)15(5,18)8-9-17-14(2,3)4/h6-7,10,17-18H,8-9H2,1-5H3. The van der Waals surface area contributed by atoms with Gasteiger partial charge in [-0.15, -0.1) is 0 Å². The lowest BCUT2D eigenvalue weighted by molar-refractivity contribution is 0.0462. The molecule has 0 radical (unpaired) electrons. The largest absolute Gasteiger partial charge is 0.385 e. The zero-order chi connectivity index (χ0) is 14.0. The summed E-state index contributed by atoms with van der Waals surface area (Å²) >= 11 is 0. The first kappa shape index (κ1) is 15.1. The lowest BCUT2D eigenvalue weighted by atomic mass is 9.91. The van der Waals surface area contributed by atoms with Gasteiger partial charge in [0.2, 0.25) is 0 Å². The fourth-order valence-electron chi connectivity index (χ4n) is 1.80. The minimum absolute atomic E-state index is 0.0365. The maximum atomic E-state index is 13.2. The summed E-state index contributed by atoms with van der Waals surface area (Å²) in [5, 5.41) is 13.8. The van der Waals surface area contributed by atoms with E-state index in [0.717, 1.165) is 5.56 Å². The van der Waals surface area contributed by atoms with Crippen LogP contribution in [-0.2, 0) is 5.60 Å². The maximum absolute atomic E-state index is 13.2. The Morgan fingerprint density at radius 3 is 2.33 bits per heavy atom. The van der Waals surface area contributed by atoms with Crippen molar-refractivity contribution >= 4 is 0 Å². The second kappa shape index (κ2) is 5.37. The Morgan fingerprint density at radius 2 is 1.83 bits per heavy atom. The second-order valence-electron chi connectivity index (χ2n) is 6.16. The number of benzene rings is 1. The highest BCUT2D eigenvalue weighted by atomic mass is 19.1. The highest BCUT2D eigenvalue weighted by Crippen LogP contribution is 2.25. The summed E-state index contributed by atoms with van der Waals surface area (Å²) in [4.78, 5) is 0. The van der Waals surface area contributed by atoms with Gasteiger partial charge in [-0.2, -0.15) is 0 Å². The van der Waals surface area contributed by atoms with Gasteiger partial charge in [0, 0.05) is 5.54 Å². The molecule has 2 N–H and O–H groups in total. The van der Waals surface area contributed by atoms with Crippen LogP contribution in [0.1, 0.15) is 45.2 Å². The Balaban J connectivity index is 2.70. The van der Waals surface area contributed by atoms with Crippen LogP contribution in [0.5, 0.6) is 0 Å². The van der Waals surface area contributed by atoms with Gasteiger partial charge in [-0.1, -0.05) is 12.1 Å². The van der Waals surface area contributed by atoms with E-state index < -0.39 is 5.60 Å². The Hall–Kier alpha value is -0.930. The highest BCUT2D eigenvalue weighted by molar-refractivity contribution is 5.28. The molecule has 0 saturated carbocycles. The molecule has 0 aromatic heterocycles. The first-order valence-electron chi connectivity index (χ1n) is 6.36. The average molecular weight is 253 g/mol. The molecule has 0 amide bonds. The van der Waals surface area contributed by atoms with E-state index in [-0.39, 0.29) is 11.4 Å². The smallest absolute Gasteiger partial charge is 0.126 e. The fourth-order valence-corrected chi connectivity index (χ4v) is 1.80. The molecule has 0 heterocycles. The molecule has 0 aliphatic carbocycles. The molecule has 1 unspecified atom stereocenters.